The Hall–Kier alpha value is -1.76. The molecule has 1 aromatic carbocycles. The van der Waals surface area contributed by atoms with Gasteiger partial charge in [0.2, 0.25) is 5.91 Å². The van der Waals surface area contributed by atoms with Crippen LogP contribution in [0.25, 0.3) is 0 Å². The first-order valence-corrected chi connectivity index (χ1v) is 8.75. The summed E-state index contributed by atoms with van der Waals surface area (Å²) in [5, 5.41) is 9.06. The second-order valence-electron chi connectivity index (χ2n) is 4.83. The maximum absolute atomic E-state index is 12.8. The first-order valence-electron chi connectivity index (χ1n) is 7.76. The molecule has 5 nitrogen and oxygen atoms in total. The van der Waals surface area contributed by atoms with E-state index < -0.39 is 0 Å². The highest BCUT2D eigenvalue weighted by atomic mass is 32.2. The predicted molar refractivity (Wildman–Crippen MR) is 94.4 cm³/mol. The van der Waals surface area contributed by atoms with Gasteiger partial charge < -0.3 is 16.0 Å². The zero-order valence-electron chi connectivity index (χ0n) is 13.7. The summed E-state index contributed by atoms with van der Waals surface area (Å²) in [7, 11) is 0. The maximum atomic E-state index is 12.8. The number of rotatable bonds is 9. The Morgan fingerprint density at radius 1 is 1.17 bits per heavy atom. The largest absolute Gasteiger partial charge is 0.357 e. The van der Waals surface area contributed by atoms with E-state index in [1.54, 1.807) is 23.9 Å². The number of halogens is 1. The van der Waals surface area contributed by atoms with Crippen molar-refractivity contribution in [2.24, 2.45) is 4.99 Å². The average molecular weight is 340 g/mol. The van der Waals surface area contributed by atoms with Gasteiger partial charge in [0.15, 0.2) is 5.96 Å². The molecular formula is C16H25FN4OS. The van der Waals surface area contributed by atoms with Gasteiger partial charge >= 0.3 is 0 Å². The van der Waals surface area contributed by atoms with Crippen LogP contribution in [0.4, 0.5) is 4.39 Å². The van der Waals surface area contributed by atoms with E-state index in [2.05, 4.69) is 20.9 Å². The van der Waals surface area contributed by atoms with Crippen LogP contribution in [-0.2, 0) is 4.79 Å². The normalized spacial score (nSPS) is 11.2. The van der Waals surface area contributed by atoms with E-state index in [-0.39, 0.29) is 11.7 Å². The van der Waals surface area contributed by atoms with Gasteiger partial charge in [-0.05, 0) is 43.4 Å². The Kier molecular flexibility index (Phi) is 9.86. The fourth-order valence-corrected chi connectivity index (χ4v) is 2.58. The molecule has 0 radical (unpaired) electrons. The molecule has 0 aliphatic heterocycles. The first kappa shape index (κ1) is 19.3. The average Bonchev–Trinajstić information content (AvgIpc) is 2.52. The van der Waals surface area contributed by atoms with Crippen LogP contribution < -0.4 is 16.0 Å². The Bertz CT molecular complexity index is 493. The Balaban J connectivity index is 2.22. The number of thioether (sulfide) groups is 1. The second kappa shape index (κ2) is 11.8. The summed E-state index contributed by atoms with van der Waals surface area (Å²) in [6.07, 6.45) is 0.935. The van der Waals surface area contributed by atoms with Gasteiger partial charge in [-0.2, -0.15) is 0 Å². The van der Waals surface area contributed by atoms with Crippen LogP contribution in [0.5, 0.6) is 0 Å². The van der Waals surface area contributed by atoms with Gasteiger partial charge in [0.05, 0.1) is 0 Å². The minimum Gasteiger partial charge on any atom is -0.357 e. The molecule has 23 heavy (non-hydrogen) atoms. The van der Waals surface area contributed by atoms with Crippen molar-refractivity contribution in [2.75, 3.05) is 31.9 Å². The van der Waals surface area contributed by atoms with Crippen molar-refractivity contribution in [1.29, 1.82) is 0 Å². The fraction of sp³-hybridized carbons (Fsp3) is 0.500. The zero-order valence-corrected chi connectivity index (χ0v) is 14.5. The maximum Gasteiger partial charge on any atom is 0.216 e. The molecule has 0 saturated carbocycles. The molecule has 128 valence electrons. The van der Waals surface area contributed by atoms with Crippen LogP contribution >= 0.6 is 11.8 Å². The lowest BCUT2D eigenvalue weighted by Crippen LogP contribution is -2.41. The number of hydrogen-bond donors (Lipinski definition) is 3. The molecule has 7 heteroatoms. The molecule has 0 aliphatic carbocycles. The van der Waals surface area contributed by atoms with Crippen molar-refractivity contribution in [1.82, 2.24) is 16.0 Å². The van der Waals surface area contributed by atoms with E-state index in [1.165, 1.54) is 19.1 Å². The number of benzene rings is 1. The van der Waals surface area contributed by atoms with Crippen LogP contribution in [-0.4, -0.2) is 43.8 Å². The van der Waals surface area contributed by atoms with Crippen molar-refractivity contribution in [3.8, 4) is 0 Å². The summed E-state index contributed by atoms with van der Waals surface area (Å²) in [6.45, 7) is 6.21. The molecule has 1 amide bonds. The van der Waals surface area contributed by atoms with Crippen molar-refractivity contribution in [2.45, 2.75) is 25.2 Å². The lowest BCUT2D eigenvalue weighted by molar-refractivity contribution is -0.118. The molecule has 0 aromatic heterocycles. The van der Waals surface area contributed by atoms with E-state index in [1.807, 2.05) is 6.92 Å². The smallest absolute Gasteiger partial charge is 0.216 e. The van der Waals surface area contributed by atoms with E-state index in [9.17, 15) is 9.18 Å². The van der Waals surface area contributed by atoms with Crippen LogP contribution in [0.3, 0.4) is 0 Å². The number of hydrogen-bond acceptors (Lipinski definition) is 3. The van der Waals surface area contributed by atoms with Gasteiger partial charge in [-0.1, -0.05) is 0 Å². The highest BCUT2D eigenvalue weighted by Gasteiger charge is 1.98. The number of nitrogens with one attached hydrogen (secondary N) is 3. The third-order valence-corrected chi connectivity index (χ3v) is 3.89. The van der Waals surface area contributed by atoms with Gasteiger partial charge in [-0.3, -0.25) is 9.79 Å². The summed E-state index contributed by atoms with van der Waals surface area (Å²) >= 11 is 1.69. The number of guanidine groups is 1. The van der Waals surface area contributed by atoms with Gasteiger partial charge in [0.25, 0.3) is 0 Å². The zero-order chi connectivity index (χ0) is 16.9. The molecule has 1 aromatic rings. The Morgan fingerprint density at radius 2 is 1.87 bits per heavy atom. The lowest BCUT2D eigenvalue weighted by atomic mass is 10.4. The summed E-state index contributed by atoms with van der Waals surface area (Å²) < 4.78 is 12.8. The number of amides is 1. The summed E-state index contributed by atoms with van der Waals surface area (Å²) in [6, 6.07) is 6.53. The van der Waals surface area contributed by atoms with Crippen LogP contribution in [0, 0.1) is 5.82 Å². The Labute approximate surface area is 141 Å². The van der Waals surface area contributed by atoms with Crippen molar-refractivity contribution >= 4 is 23.6 Å². The minimum absolute atomic E-state index is 0.0356. The van der Waals surface area contributed by atoms with Gasteiger partial charge in [0.1, 0.15) is 5.82 Å². The third-order valence-electron chi connectivity index (χ3n) is 2.79. The lowest BCUT2D eigenvalue weighted by Gasteiger charge is -2.11. The molecule has 0 fully saturated rings. The molecule has 0 aliphatic rings. The van der Waals surface area contributed by atoms with Crippen LogP contribution in [0.2, 0.25) is 0 Å². The third kappa shape index (κ3) is 9.78. The summed E-state index contributed by atoms with van der Waals surface area (Å²) in [5.41, 5.74) is 0. The molecule has 0 spiro atoms. The molecular weight excluding hydrogens is 315 g/mol. The monoisotopic (exact) mass is 340 g/mol. The molecule has 0 heterocycles. The van der Waals surface area contributed by atoms with Crippen LogP contribution in [0.1, 0.15) is 20.3 Å². The molecule has 0 atom stereocenters. The summed E-state index contributed by atoms with van der Waals surface area (Å²) in [5.74, 6) is 1.44. The second-order valence-corrected chi connectivity index (χ2v) is 5.99. The van der Waals surface area contributed by atoms with E-state index in [4.69, 9.17) is 0 Å². The molecule has 3 N–H and O–H groups in total. The quantitative estimate of drug-likeness (QED) is 0.278. The topological polar surface area (TPSA) is 65.5 Å². The highest BCUT2D eigenvalue weighted by Crippen LogP contribution is 2.18. The molecule has 0 bridgehead atoms. The molecule has 0 unspecified atom stereocenters. The van der Waals surface area contributed by atoms with Crippen LogP contribution in [0.15, 0.2) is 34.2 Å². The first-order chi connectivity index (χ1) is 11.1. The van der Waals surface area contributed by atoms with Gasteiger partial charge in [0, 0.05) is 38.0 Å². The molecule has 1 rings (SSSR count). The van der Waals surface area contributed by atoms with Crippen molar-refractivity contribution in [3.63, 3.8) is 0 Å². The number of aliphatic imine (C=N–C) groups is 1. The van der Waals surface area contributed by atoms with E-state index >= 15 is 0 Å². The molecule has 0 saturated heterocycles. The van der Waals surface area contributed by atoms with Gasteiger partial charge in [-0.25, -0.2) is 4.39 Å². The number of carbonyl (C=O) groups excluding carboxylic acids is 1. The summed E-state index contributed by atoms with van der Waals surface area (Å²) in [4.78, 5) is 16.3. The standard InChI is InChI=1S/C16H25FN4OS/c1-3-18-16(21-11-10-19-13(2)22)20-9-4-12-23-15-7-5-14(17)6-8-15/h5-8H,3-4,9-12H2,1-2H3,(H,19,22)(H2,18,20,21). The number of carbonyl (C=O) groups is 1. The number of nitrogens with zero attached hydrogens (tertiary/aromatic N) is 1. The van der Waals surface area contributed by atoms with Gasteiger partial charge in [-0.15, -0.1) is 11.8 Å². The van der Waals surface area contributed by atoms with E-state index in [0.717, 1.165) is 29.6 Å². The SMILES string of the molecule is CCNC(=NCCCSc1ccc(F)cc1)NCCNC(C)=O. The minimum atomic E-state index is -0.209. The highest BCUT2D eigenvalue weighted by molar-refractivity contribution is 7.99. The predicted octanol–water partition coefficient (Wildman–Crippen LogP) is 2.00. The van der Waals surface area contributed by atoms with Crippen molar-refractivity contribution in [3.05, 3.63) is 30.1 Å². The van der Waals surface area contributed by atoms with Crippen molar-refractivity contribution < 1.29 is 9.18 Å². The van der Waals surface area contributed by atoms with E-state index in [0.29, 0.717) is 19.6 Å². The Morgan fingerprint density at radius 3 is 2.52 bits per heavy atom. The fourth-order valence-electron chi connectivity index (χ4n) is 1.74.